The van der Waals surface area contributed by atoms with Crippen molar-refractivity contribution in [2.75, 3.05) is 7.05 Å². The van der Waals surface area contributed by atoms with E-state index in [-0.39, 0.29) is 18.1 Å². The van der Waals surface area contributed by atoms with Crippen molar-refractivity contribution in [1.29, 1.82) is 0 Å². The van der Waals surface area contributed by atoms with E-state index in [9.17, 15) is 9.59 Å². The summed E-state index contributed by atoms with van der Waals surface area (Å²) in [6.07, 6.45) is 4.62. The summed E-state index contributed by atoms with van der Waals surface area (Å²) in [7, 11) is 1.83. The van der Waals surface area contributed by atoms with E-state index in [1.165, 1.54) is 19.8 Å². The summed E-state index contributed by atoms with van der Waals surface area (Å²) in [6, 6.07) is 0.355. The van der Waals surface area contributed by atoms with E-state index in [4.69, 9.17) is 0 Å². The van der Waals surface area contributed by atoms with Crippen LogP contribution in [0.15, 0.2) is 0 Å². The van der Waals surface area contributed by atoms with Gasteiger partial charge in [-0.05, 0) is 38.5 Å². The molecule has 3 nitrogen and oxygen atoms in total. The van der Waals surface area contributed by atoms with E-state index in [0.29, 0.717) is 6.04 Å². The lowest BCUT2D eigenvalue weighted by Gasteiger charge is -2.33. The number of hydrogen-bond donors (Lipinski definition) is 0. The topological polar surface area (TPSA) is 37.4 Å². The second-order valence-corrected chi connectivity index (χ2v) is 4.80. The Morgan fingerprint density at radius 3 is 2.20 bits per heavy atom. The molecule has 0 unspecified atom stereocenters. The molecule has 15 heavy (non-hydrogen) atoms. The predicted octanol–water partition coefficient (Wildman–Crippen LogP) is 2.00. The predicted molar refractivity (Wildman–Crippen MR) is 59.5 cm³/mol. The Hall–Kier alpha value is -0.860. The van der Waals surface area contributed by atoms with Gasteiger partial charge in [-0.15, -0.1) is 0 Å². The third-order valence-electron chi connectivity index (χ3n) is 3.33. The Bertz CT molecular complexity index is 242. The van der Waals surface area contributed by atoms with Gasteiger partial charge in [0.05, 0.1) is 6.42 Å². The van der Waals surface area contributed by atoms with E-state index in [2.05, 4.69) is 6.92 Å². The van der Waals surface area contributed by atoms with Crippen LogP contribution in [0.3, 0.4) is 0 Å². The maximum absolute atomic E-state index is 11.6. The molecule has 1 aliphatic rings. The first kappa shape index (κ1) is 12.2. The Kier molecular flexibility index (Phi) is 4.30. The molecule has 1 aliphatic carbocycles. The highest BCUT2D eigenvalue weighted by Gasteiger charge is 2.24. The third kappa shape index (κ3) is 3.65. The Morgan fingerprint density at radius 1 is 1.20 bits per heavy atom. The minimum atomic E-state index is -0.0453. The number of ketones is 1. The summed E-state index contributed by atoms with van der Waals surface area (Å²) in [5.74, 6) is 0.718. The summed E-state index contributed by atoms with van der Waals surface area (Å²) < 4.78 is 0. The molecule has 0 radical (unpaired) electrons. The van der Waals surface area contributed by atoms with Gasteiger partial charge in [-0.1, -0.05) is 6.92 Å². The second-order valence-electron chi connectivity index (χ2n) is 4.80. The van der Waals surface area contributed by atoms with Crippen LogP contribution < -0.4 is 0 Å². The standard InChI is InChI=1S/C12H21NO2/c1-9-4-6-11(7-5-9)13(3)12(15)8-10(2)14/h9,11H,4-8H2,1-3H3. The van der Waals surface area contributed by atoms with Gasteiger partial charge in [0.15, 0.2) is 0 Å². The van der Waals surface area contributed by atoms with Crippen LogP contribution in [0, 0.1) is 5.92 Å². The second kappa shape index (κ2) is 5.29. The number of rotatable bonds is 3. The molecule has 1 rings (SSSR count). The van der Waals surface area contributed by atoms with Crippen LogP contribution >= 0.6 is 0 Å². The van der Waals surface area contributed by atoms with Crippen LogP contribution in [0.5, 0.6) is 0 Å². The van der Waals surface area contributed by atoms with Gasteiger partial charge in [-0.2, -0.15) is 0 Å². The molecule has 0 aromatic heterocycles. The third-order valence-corrected chi connectivity index (χ3v) is 3.33. The van der Waals surface area contributed by atoms with Gasteiger partial charge < -0.3 is 4.90 Å². The molecule has 3 heteroatoms. The van der Waals surface area contributed by atoms with Crippen molar-refractivity contribution < 1.29 is 9.59 Å². The molecule has 0 N–H and O–H groups in total. The molecule has 1 amide bonds. The molecule has 0 saturated heterocycles. The van der Waals surface area contributed by atoms with Crippen LogP contribution in [0.4, 0.5) is 0 Å². The van der Waals surface area contributed by atoms with Gasteiger partial charge in [0.1, 0.15) is 5.78 Å². The molecule has 0 atom stereocenters. The molecule has 0 spiro atoms. The van der Waals surface area contributed by atoms with Gasteiger partial charge in [0, 0.05) is 13.1 Å². The molecule has 1 fully saturated rings. The minimum absolute atomic E-state index is 0.0259. The SMILES string of the molecule is CC(=O)CC(=O)N(C)C1CCC(C)CC1. The van der Waals surface area contributed by atoms with Crippen molar-refractivity contribution in [3.8, 4) is 0 Å². The molecule has 0 heterocycles. The van der Waals surface area contributed by atoms with E-state index in [1.807, 2.05) is 7.05 Å². The van der Waals surface area contributed by atoms with Crippen molar-refractivity contribution >= 4 is 11.7 Å². The fourth-order valence-electron chi connectivity index (χ4n) is 2.17. The van der Waals surface area contributed by atoms with Crippen molar-refractivity contribution in [3.63, 3.8) is 0 Å². The summed E-state index contributed by atoms with van der Waals surface area (Å²) in [6.45, 7) is 3.72. The van der Waals surface area contributed by atoms with Crippen molar-refractivity contribution in [3.05, 3.63) is 0 Å². The minimum Gasteiger partial charge on any atom is -0.342 e. The molecule has 86 valence electrons. The average molecular weight is 211 g/mol. The molecule has 0 aromatic carbocycles. The highest BCUT2D eigenvalue weighted by atomic mass is 16.2. The summed E-state index contributed by atoms with van der Waals surface area (Å²) in [5, 5.41) is 0. The lowest BCUT2D eigenvalue weighted by atomic mass is 9.86. The van der Waals surface area contributed by atoms with Crippen LogP contribution in [-0.4, -0.2) is 29.7 Å². The first-order chi connectivity index (χ1) is 7.00. The van der Waals surface area contributed by atoms with Crippen LogP contribution in [0.2, 0.25) is 0 Å². The summed E-state index contributed by atoms with van der Waals surface area (Å²) in [5.41, 5.74) is 0. The van der Waals surface area contributed by atoms with Crippen LogP contribution in [0.1, 0.15) is 46.0 Å². The lowest BCUT2D eigenvalue weighted by molar-refractivity contribution is -0.136. The summed E-state index contributed by atoms with van der Waals surface area (Å²) >= 11 is 0. The molecule has 0 bridgehead atoms. The first-order valence-corrected chi connectivity index (χ1v) is 5.75. The van der Waals surface area contributed by atoms with Gasteiger partial charge in [-0.25, -0.2) is 0 Å². The van der Waals surface area contributed by atoms with Gasteiger partial charge in [-0.3, -0.25) is 9.59 Å². The van der Waals surface area contributed by atoms with Gasteiger partial charge in [0.2, 0.25) is 5.91 Å². The molecular formula is C12H21NO2. The number of hydrogen-bond acceptors (Lipinski definition) is 2. The van der Waals surface area contributed by atoms with Gasteiger partial charge in [0.25, 0.3) is 0 Å². The van der Waals surface area contributed by atoms with Crippen LogP contribution in [0.25, 0.3) is 0 Å². The van der Waals surface area contributed by atoms with E-state index >= 15 is 0 Å². The zero-order chi connectivity index (χ0) is 11.4. The fourth-order valence-corrected chi connectivity index (χ4v) is 2.17. The Labute approximate surface area is 91.8 Å². The van der Waals surface area contributed by atoms with E-state index < -0.39 is 0 Å². The molecular weight excluding hydrogens is 190 g/mol. The smallest absolute Gasteiger partial charge is 0.229 e. The zero-order valence-electron chi connectivity index (χ0n) is 9.95. The number of Topliss-reactive ketones (excluding diaryl/α,β-unsaturated/α-hetero) is 1. The maximum Gasteiger partial charge on any atom is 0.229 e. The quantitative estimate of drug-likeness (QED) is 0.670. The first-order valence-electron chi connectivity index (χ1n) is 5.75. The van der Waals surface area contributed by atoms with Gasteiger partial charge >= 0.3 is 0 Å². The lowest BCUT2D eigenvalue weighted by Crippen LogP contribution is -2.39. The number of carbonyl (C=O) groups is 2. The molecule has 0 aliphatic heterocycles. The normalized spacial score (nSPS) is 26.1. The highest BCUT2D eigenvalue weighted by Crippen LogP contribution is 2.26. The number of amides is 1. The van der Waals surface area contributed by atoms with Crippen molar-refractivity contribution in [1.82, 2.24) is 4.90 Å². The Morgan fingerprint density at radius 2 is 1.73 bits per heavy atom. The maximum atomic E-state index is 11.6. The van der Waals surface area contributed by atoms with Crippen molar-refractivity contribution in [2.24, 2.45) is 5.92 Å². The largest absolute Gasteiger partial charge is 0.342 e. The number of carbonyl (C=O) groups excluding carboxylic acids is 2. The van der Waals surface area contributed by atoms with Crippen LogP contribution in [-0.2, 0) is 9.59 Å². The average Bonchev–Trinajstić information content (AvgIpc) is 2.17. The Balaban J connectivity index is 2.42. The fraction of sp³-hybridized carbons (Fsp3) is 0.833. The van der Waals surface area contributed by atoms with E-state index in [0.717, 1.165) is 18.8 Å². The summed E-state index contributed by atoms with van der Waals surface area (Å²) in [4.78, 5) is 24.3. The molecule has 0 aromatic rings. The number of nitrogens with zero attached hydrogens (tertiary/aromatic N) is 1. The zero-order valence-corrected chi connectivity index (χ0v) is 9.95. The highest BCUT2D eigenvalue weighted by molar-refractivity contribution is 5.96. The molecule has 1 saturated carbocycles. The van der Waals surface area contributed by atoms with E-state index in [1.54, 1.807) is 4.90 Å². The van der Waals surface area contributed by atoms with Crippen molar-refractivity contribution in [2.45, 2.75) is 52.0 Å². The monoisotopic (exact) mass is 211 g/mol.